The van der Waals surface area contributed by atoms with Gasteiger partial charge in [-0.2, -0.15) is 5.26 Å². The molecule has 0 N–H and O–H groups in total. The topological polar surface area (TPSA) is 33.0 Å². The number of fused-ring (bicyclic) bond motifs is 1. The number of rotatable bonds is 2. The molecule has 2 aromatic rings. The summed E-state index contributed by atoms with van der Waals surface area (Å²) in [6.07, 6.45) is 2.15. The van der Waals surface area contributed by atoms with Crippen molar-refractivity contribution >= 4 is 0 Å². The van der Waals surface area contributed by atoms with Gasteiger partial charge < -0.3 is 4.74 Å². The Kier molecular flexibility index (Phi) is 2.74. The summed E-state index contributed by atoms with van der Waals surface area (Å²) in [6.45, 7) is 0. The van der Waals surface area contributed by atoms with Gasteiger partial charge in [0.15, 0.2) is 0 Å². The molecule has 2 heteroatoms. The summed E-state index contributed by atoms with van der Waals surface area (Å²) in [5.41, 5.74) is 3.43. The fourth-order valence-corrected chi connectivity index (χ4v) is 2.40. The predicted octanol–water partition coefficient (Wildman–Crippen LogP) is 3.10. The van der Waals surface area contributed by atoms with Gasteiger partial charge in [0.05, 0.1) is 11.6 Å². The Hall–Kier alpha value is -2.27. The Bertz CT molecular complexity index is 570. The zero-order valence-electron chi connectivity index (χ0n) is 9.97. The molecular weight excluding hydrogens is 222 g/mol. The first kappa shape index (κ1) is 10.9. The smallest absolute Gasteiger partial charge is 0.119 e. The summed E-state index contributed by atoms with van der Waals surface area (Å²) in [4.78, 5) is 0. The molecule has 0 radical (unpaired) electrons. The Labute approximate surface area is 106 Å². The molecule has 0 aromatic heterocycles. The van der Waals surface area contributed by atoms with Crippen LogP contribution in [-0.4, -0.2) is 6.10 Å². The van der Waals surface area contributed by atoms with Crippen LogP contribution in [0.15, 0.2) is 48.5 Å². The third-order valence-corrected chi connectivity index (χ3v) is 3.30. The van der Waals surface area contributed by atoms with Crippen molar-refractivity contribution < 1.29 is 4.74 Å². The van der Waals surface area contributed by atoms with Crippen LogP contribution in [0.3, 0.4) is 0 Å². The van der Waals surface area contributed by atoms with Gasteiger partial charge in [-0.1, -0.05) is 24.3 Å². The monoisotopic (exact) mass is 235 g/mol. The number of benzene rings is 2. The van der Waals surface area contributed by atoms with Crippen molar-refractivity contribution in [1.29, 1.82) is 5.26 Å². The summed E-state index contributed by atoms with van der Waals surface area (Å²) in [5.74, 6) is 0.840. The van der Waals surface area contributed by atoms with Crippen LogP contribution >= 0.6 is 0 Å². The van der Waals surface area contributed by atoms with E-state index in [0.717, 1.165) is 18.6 Å². The van der Waals surface area contributed by atoms with Gasteiger partial charge in [-0.15, -0.1) is 0 Å². The molecular formula is C16H13NO. The van der Waals surface area contributed by atoms with E-state index in [1.54, 1.807) is 12.1 Å². The lowest BCUT2D eigenvalue weighted by Gasteiger charge is -2.12. The highest BCUT2D eigenvalue weighted by atomic mass is 16.5. The van der Waals surface area contributed by atoms with Gasteiger partial charge in [0.2, 0.25) is 0 Å². The first-order chi connectivity index (χ1) is 8.85. The van der Waals surface area contributed by atoms with Crippen LogP contribution in [0.5, 0.6) is 5.75 Å². The van der Waals surface area contributed by atoms with Crippen LogP contribution in [0.25, 0.3) is 0 Å². The highest BCUT2D eigenvalue weighted by molar-refractivity contribution is 5.36. The molecule has 18 heavy (non-hydrogen) atoms. The van der Waals surface area contributed by atoms with Crippen molar-refractivity contribution in [2.45, 2.75) is 18.9 Å². The first-order valence-electron chi connectivity index (χ1n) is 6.09. The molecule has 0 amide bonds. The minimum Gasteiger partial charge on any atom is -0.490 e. The average molecular weight is 235 g/mol. The molecule has 0 bridgehead atoms. The molecule has 2 nitrogen and oxygen atoms in total. The number of nitriles is 1. The number of nitrogens with zero attached hydrogens (tertiary/aromatic N) is 1. The van der Waals surface area contributed by atoms with Crippen molar-refractivity contribution in [1.82, 2.24) is 0 Å². The number of hydrogen-bond acceptors (Lipinski definition) is 2. The van der Waals surface area contributed by atoms with E-state index in [9.17, 15) is 0 Å². The predicted molar refractivity (Wildman–Crippen MR) is 69.4 cm³/mol. The number of hydrogen-bond donors (Lipinski definition) is 0. The van der Waals surface area contributed by atoms with E-state index in [0.29, 0.717) is 5.56 Å². The van der Waals surface area contributed by atoms with Crippen LogP contribution in [0.2, 0.25) is 0 Å². The molecule has 0 spiro atoms. The van der Waals surface area contributed by atoms with Crippen LogP contribution in [0, 0.1) is 11.3 Å². The van der Waals surface area contributed by atoms with Crippen molar-refractivity contribution in [3.63, 3.8) is 0 Å². The van der Waals surface area contributed by atoms with Gasteiger partial charge in [0.25, 0.3) is 0 Å². The lowest BCUT2D eigenvalue weighted by molar-refractivity contribution is 0.214. The zero-order chi connectivity index (χ0) is 12.4. The van der Waals surface area contributed by atoms with Gasteiger partial charge in [-0.3, -0.25) is 0 Å². The third kappa shape index (κ3) is 2.08. The van der Waals surface area contributed by atoms with E-state index in [-0.39, 0.29) is 6.10 Å². The Morgan fingerprint density at radius 3 is 2.11 bits per heavy atom. The number of ether oxygens (including phenoxy) is 1. The lowest BCUT2D eigenvalue weighted by atomic mass is 10.1. The quantitative estimate of drug-likeness (QED) is 0.801. The molecule has 0 saturated heterocycles. The van der Waals surface area contributed by atoms with Gasteiger partial charge in [-0.25, -0.2) is 0 Å². The van der Waals surface area contributed by atoms with Crippen LogP contribution < -0.4 is 4.74 Å². The van der Waals surface area contributed by atoms with Gasteiger partial charge in [-0.05, 0) is 35.4 Å². The third-order valence-electron chi connectivity index (χ3n) is 3.30. The molecule has 0 aliphatic heterocycles. The van der Waals surface area contributed by atoms with E-state index >= 15 is 0 Å². The van der Waals surface area contributed by atoms with Crippen LogP contribution in [0.4, 0.5) is 0 Å². The molecule has 0 atom stereocenters. The molecule has 0 heterocycles. The van der Waals surface area contributed by atoms with Gasteiger partial charge >= 0.3 is 0 Å². The fourth-order valence-electron chi connectivity index (χ4n) is 2.40. The Balaban J connectivity index is 1.70. The van der Waals surface area contributed by atoms with Crippen molar-refractivity contribution in [3.05, 3.63) is 65.2 Å². The minimum absolute atomic E-state index is 0.218. The molecule has 2 aromatic carbocycles. The highest BCUT2D eigenvalue weighted by Gasteiger charge is 2.22. The Morgan fingerprint density at radius 2 is 1.56 bits per heavy atom. The molecule has 0 fully saturated rings. The second-order valence-electron chi connectivity index (χ2n) is 4.55. The van der Waals surface area contributed by atoms with Crippen LogP contribution in [0.1, 0.15) is 16.7 Å². The maximum atomic E-state index is 8.74. The highest BCUT2D eigenvalue weighted by Crippen LogP contribution is 2.25. The van der Waals surface area contributed by atoms with Gasteiger partial charge in [0.1, 0.15) is 11.9 Å². The molecule has 0 saturated carbocycles. The second-order valence-corrected chi connectivity index (χ2v) is 4.55. The molecule has 88 valence electrons. The minimum atomic E-state index is 0.218. The Morgan fingerprint density at radius 1 is 0.944 bits per heavy atom. The SMILES string of the molecule is N#Cc1ccc(OC2Cc3ccccc3C2)cc1. The van der Waals surface area contributed by atoms with Crippen molar-refractivity contribution in [2.75, 3.05) is 0 Å². The van der Waals surface area contributed by atoms with E-state index in [2.05, 4.69) is 30.3 Å². The average Bonchev–Trinajstić information content (AvgIpc) is 2.82. The summed E-state index contributed by atoms with van der Waals surface area (Å²) in [5, 5.41) is 8.74. The molecule has 1 aliphatic carbocycles. The van der Waals surface area contributed by atoms with Crippen molar-refractivity contribution in [3.8, 4) is 11.8 Å². The normalized spacial score (nSPS) is 13.9. The summed E-state index contributed by atoms with van der Waals surface area (Å²) in [6, 6.07) is 17.9. The summed E-state index contributed by atoms with van der Waals surface area (Å²) in [7, 11) is 0. The van der Waals surface area contributed by atoms with Crippen LogP contribution in [-0.2, 0) is 12.8 Å². The van der Waals surface area contributed by atoms with E-state index < -0.39 is 0 Å². The lowest BCUT2D eigenvalue weighted by Crippen LogP contribution is -2.16. The molecule has 3 rings (SSSR count). The standard InChI is InChI=1S/C16H13NO/c17-11-12-5-7-15(8-6-12)18-16-9-13-3-1-2-4-14(13)10-16/h1-8,16H,9-10H2. The summed E-state index contributed by atoms with van der Waals surface area (Å²) >= 11 is 0. The molecule has 0 unspecified atom stereocenters. The molecule has 1 aliphatic rings. The largest absolute Gasteiger partial charge is 0.490 e. The maximum Gasteiger partial charge on any atom is 0.119 e. The fraction of sp³-hybridized carbons (Fsp3) is 0.188. The van der Waals surface area contributed by atoms with E-state index in [4.69, 9.17) is 10.00 Å². The van der Waals surface area contributed by atoms with E-state index in [1.807, 2.05) is 12.1 Å². The first-order valence-corrected chi connectivity index (χ1v) is 6.09. The van der Waals surface area contributed by atoms with E-state index in [1.165, 1.54) is 11.1 Å². The summed E-state index contributed by atoms with van der Waals surface area (Å²) < 4.78 is 5.95. The maximum absolute atomic E-state index is 8.74. The second kappa shape index (κ2) is 4.54. The zero-order valence-corrected chi connectivity index (χ0v) is 9.97. The van der Waals surface area contributed by atoms with Gasteiger partial charge in [0, 0.05) is 12.8 Å². The van der Waals surface area contributed by atoms with Crippen molar-refractivity contribution in [2.24, 2.45) is 0 Å².